The molecule has 0 saturated heterocycles. The fraction of sp³-hybridized carbons (Fsp3) is 0.300. The van der Waals surface area contributed by atoms with Crippen molar-refractivity contribution in [3.63, 3.8) is 0 Å². The molecule has 0 aliphatic rings. The van der Waals surface area contributed by atoms with E-state index in [0.29, 0.717) is 23.4 Å². The lowest BCUT2D eigenvalue weighted by molar-refractivity contribution is -0.139. The van der Waals surface area contributed by atoms with E-state index in [1.165, 1.54) is 11.8 Å². The van der Waals surface area contributed by atoms with Gasteiger partial charge in [-0.25, -0.2) is 4.79 Å². The smallest absolute Gasteiger partial charge is 0.326 e. The molecule has 148 valence electrons. The molecule has 0 aliphatic heterocycles. The Labute approximate surface area is 168 Å². The van der Waals surface area contributed by atoms with Gasteiger partial charge in [-0.15, -0.1) is 0 Å². The third-order valence-electron chi connectivity index (χ3n) is 3.99. The van der Waals surface area contributed by atoms with Gasteiger partial charge in [0, 0.05) is 25.3 Å². The van der Waals surface area contributed by atoms with Crippen LogP contribution in [-0.2, 0) is 4.79 Å². The molecule has 0 fully saturated rings. The van der Waals surface area contributed by atoms with Gasteiger partial charge in [0.2, 0.25) is 0 Å². The van der Waals surface area contributed by atoms with Crippen molar-refractivity contribution in [3.8, 4) is 0 Å². The Morgan fingerprint density at radius 2 is 1.57 bits per heavy atom. The first kappa shape index (κ1) is 21.4. The van der Waals surface area contributed by atoms with Crippen LogP contribution in [-0.4, -0.2) is 49.1 Å². The number of carbonyl (C=O) groups is 2. The van der Waals surface area contributed by atoms with Crippen LogP contribution in [0.25, 0.3) is 0 Å². The lowest BCUT2D eigenvalue weighted by Gasteiger charge is -2.13. The number of aliphatic carboxylic acids is 1. The van der Waals surface area contributed by atoms with Crippen LogP contribution in [0.15, 0.2) is 58.8 Å². The second-order valence-corrected chi connectivity index (χ2v) is 7.29. The van der Waals surface area contributed by atoms with Crippen LogP contribution in [0.3, 0.4) is 0 Å². The molecule has 7 nitrogen and oxygen atoms in total. The van der Waals surface area contributed by atoms with Gasteiger partial charge in [0.25, 0.3) is 5.91 Å². The summed E-state index contributed by atoms with van der Waals surface area (Å²) < 4.78 is 0. The van der Waals surface area contributed by atoms with E-state index in [2.05, 4.69) is 15.5 Å². The summed E-state index contributed by atoms with van der Waals surface area (Å²) >= 11 is 1.54. The zero-order chi connectivity index (χ0) is 20.5. The molecule has 1 amide bonds. The molecular weight excluding hydrogens is 376 g/mol. The fourth-order valence-corrected chi connectivity index (χ4v) is 2.82. The minimum absolute atomic E-state index is 0.376. The zero-order valence-electron chi connectivity index (χ0n) is 16.1. The molecule has 2 aromatic rings. The minimum Gasteiger partial charge on any atom is -0.480 e. The predicted octanol–water partition coefficient (Wildman–Crippen LogP) is 4.10. The first-order chi connectivity index (χ1) is 13.4. The van der Waals surface area contributed by atoms with Crippen LogP contribution in [0.1, 0.15) is 16.8 Å². The summed E-state index contributed by atoms with van der Waals surface area (Å²) in [6.45, 7) is 0. The lowest BCUT2D eigenvalue weighted by Crippen LogP contribution is -2.41. The van der Waals surface area contributed by atoms with Crippen molar-refractivity contribution in [2.45, 2.75) is 12.5 Å². The van der Waals surface area contributed by atoms with Gasteiger partial charge in [-0.3, -0.25) is 4.79 Å². The van der Waals surface area contributed by atoms with E-state index in [4.69, 9.17) is 0 Å². The molecule has 0 aromatic heterocycles. The van der Waals surface area contributed by atoms with Crippen molar-refractivity contribution in [1.29, 1.82) is 0 Å². The number of amides is 1. The van der Waals surface area contributed by atoms with Crippen molar-refractivity contribution >= 4 is 40.7 Å². The van der Waals surface area contributed by atoms with E-state index in [-0.39, 0.29) is 0 Å². The molecule has 2 rings (SSSR count). The number of thioether (sulfide) groups is 1. The van der Waals surface area contributed by atoms with Crippen molar-refractivity contribution in [3.05, 3.63) is 54.1 Å². The Hall–Kier alpha value is -2.87. The summed E-state index contributed by atoms with van der Waals surface area (Å²) in [5, 5.41) is 20.1. The molecule has 0 spiro atoms. The SMILES string of the molecule is CSCC[C@H](NC(=O)c1ccc(N=Nc2ccc(N(C)C)cc2)cc1)C(=O)O. The fourth-order valence-electron chi connectivity index (χ4n) is 2.35. The number of anilines is 1. The van der Waals surface area contributed by atoms with E-state index >= 15 is 0 Å². The Kier molecular flexibility index (Phi) is 8.01. The van der Waals surface area contributed by atoms with Crippen LogP contribution >= 0.6 is 11.8 Å². The molecule has 8 heteroatoms. The van der Waals surface area contributed by atoms with Gasteiger partial charge < -0.3 is 15.3 Å². The van der Waals surface area contributed by atoms with Crippen molar-refractivity contribution in [2.24, 2.45) is 10.2 Å². The number of nitrogens with one attached hydrogen (secondary N) is 1. The average Bonchev–Trinajstić information content (AvgIpc) is 2.69. The molecule has 0 aliphatic carbocycles. The summed E-state index contributed by atoms with van der Waals surface area (Å²) in [6.07, 6.45) is 2.27. The second-order valence-electron chi connectivity index (χ2n) is 6.30. The quantitative estimate of drug-likeness (QED) is 0.618. The minimum atomic E-state index is -1.03. The molecule has 0 saturated carbocycles. The number of carboxylic acid groups (broad SMARTS) is 1. The van der Waals surface area contributed by atoms with Crippen molar-refractivity contribution in [1.82, 2.24) is 5.32 Å². The monoisotopic (exact) mass is 400 g/mol. The molecule has 0 radical (unpaired) electrons. The number of rotatable bonds is 9. The average molecular weight is 401 g/mol. The van der Waals surface area contributed by atoms with Gasteiger partial charge in [-0.05, 0) is 67.0 Å². The van der Waals surface area contributed by atoms with E-state index < -0.39 is 17.9 Å². The molecule has 2 aromatic carbocycles. The number of carboxylic acids is 1. The van der Waals surface area contributed by atoms with Crippen LogP contribution in [0.2, 0.25) is 0 Å². The lowest BCUT2D eigenvalue weighted by atomic mass is 10.1. The summed E-state index contributed by atoms with van der Waals surface area (Å²) in [4.78, 5) is 25.5. The van der Waals surface area contributed by atoms with Crippen LogP contribution in [0, 0.1) is 0 Å². The topological polar surface area (TPSA) is 94.4 Å². The van der Waals surface area contributed by atoms with Crippen LogP contribution in [0.5, 0.6) is 0 Å². The third-order valence-corrected chi connectivity index (χ3v) is 4.63. The van der Waals surface area contributed by atoms with E-state index in [0.717, 1.165) is 11.4 Å². The predicted molar refractivity (Wildman–Crippen MR) is 113 cm³/mol. The standard InChI is InChI=1S/C20H24N4O3S/c1-24(2)17-10-8-16(9-11-17)23-22-15-6-4-14(5-7-15)19(25)21-18(20(26)27)12-13-28-3/h4-11,18H,12-13H2,1-3H3,(H,21,25)(H,26,27)/t18-/m0/s1. The maximum absolute atomic E-state index is 12.3. The highest BCUT2D eigenvalue weighted by atomic mass is 32.2. The molecule has 2 N–H and O–H groups in total. The molecular formula is C20H24N4O3S. The Morgan fingerprint density at radius 1 is 1.04 bits per heavy atom. The van der Waals surface area contributed by atoms with Gasteiger partial charge in [0.1, 0.15) is 6.04 Å². The number of hydrogen-bond acceptors (Lipinski definition) is 6. The summed E-state index contributed by atoms with van der Waals surface area (Å²) in [6, 6.07) is 13.3. The van der Waals surface area contributed by atoms with Gasteiger partial charge in [0.15, 0.2) is 0 Å². The number of hydrogen-bond donors (Lipinski definition) is 2. The second kappa shape index (κ2) is 10.5. The number of azo groups is 1. The zero-order valence-corrected chi connectivity index (χ0v) is 16.9. The number of nitrogens with zero attached hydrogens (tertiary/aromatic N) is 3. The highest BCUT2D eigenvalue weighted by Gasteiger charge is 2.20. The molecule has 0 unspecified atom stereocenters. The molecule has 0 bridgehead atoms. The molecule has 0 heterocycles. The first-order valence-corrected chi connectivity index (χ1v) is 10.1. The summed E-state index contributed by atoms with van der Waals surface area (Å²) in [7, 11) is 3.94. The van der Waals surface area contributed by atoms with E-state index in [9.17, 15) is 14.7 Å². The van der Waals surface area contributed by atoms with Crippen molar-refractivity contribution < 1.29 is 14.7 Å². The van der Waals surface area contributed by atoms with Gasteiger partial charge in [0.05, 0.1) is 11.4 Å². The highest BCUT2D eigenvalue weighted by Crippen LogP contribution is 2.21. The largest absolute Gasteiger partial charge is 0.480 e. The number of carbonyl (C=O) groups excluding carboxylic acids is 1. The molecule has 1 atom stereocenters. The van der Waals surface area contributed by atoms with E-state index in [1.807, 2.05) is 49.5 Å². The Balaban J connectivity index is 2.00. The maximum Gasteiger partial charge on any atom is 0.326 e. The first-order valence-electron chi connectivity index (χ1n) is 8.72. The summed E-state index contributed by atoms with van der Waals surface area (Å²) in [5.41, 5.74) is 2.78. The third kappa shape index (κ3) is 6.38. The summed E-state index contributed by atoms with van der Waals surface area (Å²) in [5.74, 6) is -0.795. The highest BCUT2D eigenvalue weighted by molar-refractivity contribution is 7.98. The number of benzene rings is 2. The Morgan fingerprint density at radius 3 is 2.04 bits per heavy atom. The van der Waals surface area contributed by atoms with Gasteiger partial charge >= 0.3 is 5.97 Å². The van der Waals surface area contributed by atoms with Gasteiger partial charge in [-0.2, -0.15) is 22.0 Å². The van der Waals surface area contributed by atoms with Crippen molar-refractivity contribution in [2.75, 3.05) is 31.0 Å². The van der Waals surface area contributed by atoms with Crippen LogP contribution in [0.4, 0.5) is 17.1 Å². The Bertz CT molecular complexity index is 820. The normalized spacial score (nSPS) is 12.0. The maximum atomic E-state index is 12.3. The molecule has 28 heavy (non-hydrogen) atoms. The van der Waals surface area contributed by atoms with Gasteiger partial charge in [-0.1, -0.05) is 0 Å². The van der Waals surface area contributed by atoms with Crippen LogP contribution < -0.4 is 10.2 Å². The van der Waals surface area contributed by atoms with E-state index in [1.54, 1.807) is 24.3 Å².